The van der Waals surface area contributed by atoms with Gasteiger partial charge in [0.15, 0.2) is 0 Å². The Morgan fingerprint density at radius 3 is 2.52 bits per heavy atom. The molecular weight excluding hydrogens is 347 g/mol. The summed E-state index contributed by atoms with van der Waals surface area (Å²) in [6, 6.07) is 5.16. The number of benzene rings is 1. The quantitative estimate of drug-likeness (QED) is 0.814. The summed E-state index contributed by atoms with van der Waals surface area (Å²) in [6.07, 6.45) is 1.55. The van der Waals surface area contributed by atoms with Gasteiger partial charge in [-0.25, -0.2) is 9.18 Å². The second-order valence-corrected chi connectivity index (χ2v) is 7.59. The minimum Gasteiger partial charge on any atom is -0.450 e. The highest BCUT2D eigenvalue weighted by atomic mass is 19.1. The number of carbonyl (C=O) groups is 2. The van der Waals surface area contributed by atoms with Crippen molar-refractivity contribution in [3.8, 4) is 0 Å². The molecule has 1 unspecified atom stereocenters. The van der Waals surface area contributed by atoms with Crippen molar-refractivity contribution < 1.29 is 18.7 Å². The first-order valence-electron chi connectivity index (χ1n) is 9.78. The molecule has 27 heavy (non-hydrogen) atoms. The zero-order valence-electron chi connectivity index (χ0n) is 16.8. The zero-order chi connectivity index (χ0) is 20.0. The van der Waals surface area contributed by atoms with E-state index in [1.807, 2.05) is 6.07 Å². The van der Waals surface area contributed by atoms with Gasteiger partial charge in [-0.3, -0.25) is 4.79 Å². The third kappa shape index (κ3) is 5.94. The lowest BCUT2D eigenvalue weighted by Crippen LogP contribution is -2.47. The fraction of sp³-hybridized carbons (Fsp3) is 0.619. The Hall–Kier alpha value is -2.11. The molecule has 2 rings (SSSR count). The minimum absolute atomic E-state index is 0.00487. The predicted octanol–water partition coefficient (Wildman–Crippen LogP) is 4.00. The standard InChI is InChI=1S/C21H31FN2O3/c1-5-27-21(26)24-10-8-17(9-11-24)23-20(25)13-18(14(2)3)16-6-7-19(22)15(4)12-16/h6-7,12,14,17-18H,5,8-11,13H2,1-4H3,(H,23,25). The molecule has 1 atom stereocenters. The SMILES string of the molecule is CCOC(=O)N1CCC(NC(=O)CC(c2ccc(F)c(C)c2)C(C)C)CC1. The van der Waals surface area contributed by atoms with Crippen molar-refractivity contribution in [2.24, 2.45) is 5.92 Å². The van der Waals surface area contributed by atoms with Crippen LogP contribution in [0.2, 0.25) is 0 Å². The van der Waals surface area contributed by atoms with E-state index in [0.717, 1.165) is 18.4 Å². The summed E-state index contributed by atoms with van der Waals surface area (Å²) in [7, 11) is 0. The number of halogens is 1. The first kappa shape index (κ1) is 21.2. The largest absolute Gasteiger partial charge is 0.450 e. The van der Waals surface area contributed by atoms with Crippen molar-refractivity contribution in [3.05, 3.63) is 35.1 Å². The van der Waals surface area contributed by atoms with Crippen LogP contribution in [0.5, 0.6) is 0 Å². The van der Waals surface area contributed by atoms with Crippen LogP contribution >= 0.6 is 0 Å². The average Bonchev–Trinajstić information content (AvgIpc) is 2.62. The van der Waals surface area contributed by atoms with Crippen molar-refractivity contribution in [2.75, 3.05) is 19.7 Å². The van der Waals surface area contributed by atoms with Gasteiger partial charge in [0.05, 0.1) is 6.61 Å². The highest BCUT2D eigenvalue weighted by molar-refractivity contribution is 5.77. The van der Waals surface area contributed by atoms with Crippen molar-refractivity contribution in [2.45, 2.75) is 58.9 Å². The Labute approximate surface area is 161 Å². The highest BCUT2D eigenvalue weighted by Crippen LogP contribution is 2.29. The van der Waals surface area contributed by atoms with Gasteiger partial charge in [0.2, 0.25) is 5.91 Å². The molecule has 2 amide bonds. The van der Waals surface area contributed by atoms with E-state index in [0.29, 0.717) is 31.7 Å². The Morgan fingerprint density at radius 1 is 1.30 bits per heavy atom. The summed E-state index contributed by atoms with van der Waals surface area (Å²) in [4.78, 5) is 26.0. The normalized spacial score (nSPS) is 16.3. The number of amides is 2. The van der Waals surface area contributed by atoms with Gasteiger partial charge >= 0.3 is 6.09 Å². The molecule has 0 radical (unpaired) electrons. The van der Waals surface area contributed by atoms with Crippen LogP contribution in [0.1, 0.15) is 57.1 Å². The molecule has 0 aromatic heterocycles. The van der Waals surface area contributed by atoms with Gasteiger partial charge in [0.25, 0.3) is 0 Å². The molecule has 1 aliphatic rings. The van der Waals surface area contributed by atoms with Crippen LogP contribution in [0, 0.1) is 18.7 Å². The van der Waals surface area contributed by atoms with Gasteiger partial charge in [-0.1, -0.05) is 26.0 Å². The van der Waals surface area contributed by atoms with E-state index in [2.05, 4.69) is 19.2 Å². The average molecular weight is 378 g/mol. The fourth-order valence-electron chi connectivity index (χ4n) is 3.54. The molecule has 1 fully saturated rings. The molecule has 1 N–H and O–H groups in total. The lowest BCUT2D eigenvalue weighted by atomic mass is 9.84. The lowest BCUT2D eigenvalue weighted by molar-refractivity contribution is -0.122. The molecule has 0 spiro atoms. The summed E-state index contributed by atoms with van der Waals surface area (Å²) >= 11 is 0. The smallest absolute Gasteiger partial charge is 0.409 e. The topological polar surface area (TPSA) is 58.6 Å². The lowest BCUT2D eigenvalue weighted by Gasteiger charge is -2.32. The zero-order valence-corrected chi connectivity index (χ0v) is 16.8. The molecule has 1 saturated heterocycles. The third-order valence-electron chi connectivity index (χ3n) is 5.21. The van der Waals surface area contributed by atoms with Crippen LogP contribution in [-0.2, 0) is 9.53 Å². The second kappa shape index (κ2) is 9.72. The molecule has 0 aliphatic carbocycles. The fourth-order valence-corrected chi connectivity index (χ4v) is 3.54. The summed E-state index contributed by atoms with van der Waals surface area (Å²) < 4.78 is 18.6. The van der Waals surface area contributed by atoms with Gasteiger partial charge < -0.3 is 15.0 Å². The number of nitrogens with one attached hydrogen (secondary N) is 1. The van der Waals surface area contributed by atoms with Gasteiger partial charge in [-0.05, 0) is 55.7 Å². The molecule has 0 bridgehead atoms. The van der Waals surface area contributed by atoms with Crippen LogP contribution in [0.4, 0.5) is 9.18 Å². The minimum atomic E-state index is -0.283. The first-order valence-corrected chi connectivity index (χ1v) is 9.78. The molecule has 1 heterocycles. The maximum absolute atomic E-state index is 13.6. The van der Waals surface area contributed by atoms with Crippen molar-refractivity contribution >= 4 is 12.0 Å². The van der Waals surface area contributed by atoms with E-state index in [-0.39, 0.29) is 35.7 Å². The summed E-state index contributed by atoms with van der Waals surface area (Å²) in [6.45, 7) is 9.24. The Bertz CT molecular complexity index is 655. The number of likely N-dealkylation sites (tertiary alicyclic amines) is 1. The highest BCUT2D eigenvalue weighted by Gasteiger charge is 2.26. The number of piperidine rings is 1. The van der Waals surface area contributed by atoms with Crippen molar-refractivity contribution in [1.29, 1.82) is 0 Å². The molecule has 1 aliphatic heterocycles. The van der Waals surface area contributed by atoms with E-state index in [1.165, 1.54) is 6.07 Å². The molecule has 1 aromatic carbocycles. The number of rotatable bonds is 6. The molecule has 1 aromatic rings. The van der Waals surface area contributed by atoms with Crippen molar-refractivity contribution in [3.63, 3.8) is 0 Å². The Kier molecular flexibility index (Phi) is 7.63. The van der Waals surface area contributed by atoms with Gasteiger partial charge in [-0.15, -0.1) is 0 Å². The summed E-state index contributed by atoms with van der Waals surface area (Å²) in [5.74, 6) is 0.0968. The Balaban J connectivity index is 1.89. The van der Waals surface area contributed by atoms with Crippen LogP contribution in [-0.4, -0.2) is 42.6 Å². The monoisotopic (exact) mass is 378 g/mol. The van der Waals surface area contributed by atoms with Gasteiger partial charge in [0, 0.05) is 25.6 Å². The first-order chi connectivity index (χ1) is 12.8. The number of nitrogens with zero attached hydrogens (tertiary/aromatic N) is 1. The van der Waals surface area contributed by atoms with Crippen molar-refractivity contribution in [1.82, 2.24) is 10.2 Å². The van der Waals surface area contributed by atoms with E-state index in [9.17, 15) is 14.0 Å². The number of carbonyl (C=O) groups excluding carboxylic acids is 2. The van der Waals surface area contributed by atoms with Crippen LogP contribution in [0.25, 0.3) is 0 Å². The number of hydrogen-bond acceptors (Lipinski definition) is 3. The molecule has 6 heteroatoms. The maximum atomic E-state index is 13.6. The molecule has 5 nitrogen and oxygen atoms in total. The van der Waals surface area contributed by atoms with E-state index in [1.54, 1.807) is 24.8 Å². The predicted molar refractivity (Wildman–Crippen MR) is 103 cm³/mol. The van der Waals surface area contributed by atoms with Gasteiger partial charge in [0.1, 0.15) is 5.82 Å². The number of hydrogen-bond donors (Lipinski definition) is 1. The molecular formula is C21H31FN2O3. The van der Waals surface area contributed by atoms with Crippen LogP contribution in [0.15, 0.2) is 18.2 Å². The molecule has 0 saturated carbocycles. The van der Waals surface area contributed by atoms with E-state index < -0.39 is 0 Å². The Morgan fingerprint density at radius 2 is 1.96 bits per heavy atom. The molecule has 150 valence electrons. The van der Waals surface area contributed by atoms with E-state index in [4.69, 9.17) is 4.74 Å². The van der Waals surface area contributed by atoms with Gasteiger partial charge in [-0.2, -0.15) is 0 Å². The summed E-state index contributed by atoms with van der Waals surface area (Å²) in [5, 5.41) is 3.10. The number of ether oxygens (including phenoxy) is 1. The second-order valence-electron chi connectivity index (χ2n) is 7.59. The maximum Gasteiger partial charge on any atom is 0.409 e. The van der Waals surface area contributed by atoms with E-state index >= 15 is 0 Å². The number of aryl methyl sites for hydroxylation is 1. The van der Waals surface area contributed by atoms with Crippen LogP contribution < -0.4 is 5.32 Å². The summed E-state index contributed by atoms with van der Waals surface area (Å²) in [5.41, 5.74) is 1.60. The van der Waals surface area contributed by atoms with Crippen LogP contribution in [0.3, 0.4) is 0 Å². The third-order valence-corrected chi connectivity index (χ3v) is 5.21.